The van der Waals surface area contributed by atoms with Gasteiger partial charge in [-0.05, 0) is 60.2 Å². The van der Waals surface area contributed by atoms with E-state index in [2.05, 4.69) is 54.9 Å². The first-order valence-corrected chi connectivity index (χ1v) is 10.8. The first-order chi connectivity index (χ1) is 15.1. The van der Waals surface area contributed by atoms with Gasteiger partial charge in [0, 0.05) is 17.1 Å². The number of nitrogens with one attached hydrogen (secondary N) is 1. The van der Waals surface area contributed by atoms with Crippen LogP contribution in [0.15, 0.2) is 66.4 Å². The van der Waals surface area contributed by atoms with Crippen molar-refractivity contribution < 1.29 is 9.59 Å². The molecule has 4 rings (SSSR count). The number of benzene rings is 2. The lowest BCUT2D eigenvalue weighted by molar-refractivity contribution is -0.123. The van der Waals surface area contributed by atoms with E-state index in [0.717, 1.165) is 28.2 Å². The zero-order valence-electron chi connectivity index (χ0n) is 19.3. The molecular weight excluding hydrogens is 398 g/mol. The van der Waals surface area contributed by atoms with Gasteiger partial charge in [-0.3, -0.25) is 9.69 Å². The van der Waals surface area contributed by atoms with Gasteiger partial charge < -0.3 is 9.88 Å². The second-order valence-electron chi connectivity index (χ2n) is 9.32. The molecule has 0 spiro atoms. The van der Waals surface area contributed by atoms with Crippen molar-refractivity contribution in [3.63, 3.8) is 0 Å². The summed E-state index contributed by atoms with van der Waals surface area (Å²) in [5.74, 6) is -0.307. The number of amides is 3. The van der Waals surface area contributed by atoms with Crippen LogP contribution >= 0.6 is 0 Å². The Kier molecular flexibility index (Phi) is 5.51. The Hall–Kier alpha value is -3.60. The van der Waals surface area contributed by atoms with E-state index in [1.54, 1.807) is 6.08 Å². The van der Waals surface area contributed by atoms with Crippen molar-refractivity contribution in [1.29, 1.82) is 0 Å². The third kappa shape index (κ3) is 4.11. The zero-order valence-corrected chi connectivity index (χ0v) is 19.3. The predicted molar refractivity (Wildman–Crippen MR) is 127 cm³/mol. The van der Waals surface area contributed by atoms with Gasteiger partial charge in [-0.25, -0.2) is 4.79 Å². The average Bonchev–Trinajstić information content (AvgIpc) is 3.17. The summed E-state index contributed by atoms with van der Waals surface area (Å²) in [6, 6.07) is 19.7. The van der Waals surface area contributed by atoms with E-state index in [-0.39, 0.29) is 17.9 Å². The minimum atomic E-state index is -0.392. The van der Waals surface area contributed by atoms with Gasteiger partial charge >= 0.3 is 6.03 Å². The predicted octanol–water partition coefficient (Wildman–Crippen LogP) is 5.48. The lowest BCUT2D eigenvalue weighted by Gasteiger charge is -2.20. The molecule has 3 amide bonds. The molecule has 2 aromatic carbocycles. The highest BCUT2D eigenvalue weighted by molar-refractivity contribution is 6.14. The molecule has 0 atom stereocenters. The van der Waals surface area contributed by atoms with Crippen molar-refractivity contribution in [3.8, 4) is 5.69 Å². The summed E-state index contributed by atoms with van der Waals surface area (Å²) < 4.78 is 2.17. The number of aromatic nitrogens is 1. The van der Waals surface area contributed by atoms with Gasteiger partial charge in [-0.2, -0.15) is 0 Å². The van der Waals surface area contributed by atoms with E-state index >= 15 is 0 Å². The van der Waals surface area contributed by atoms with Crippen LogP contribution in [-0.4, -0.2) is 21.4 Å². The molecule has 0 unspecified atom stereocenters. The molecule has 5 heteroatoms. The van der Waals surface area contributed by atoms with Crippen molar-refractivity contribution in [2.75, 3.05) is 0 Å². The lowest BCUT2D eigenvalue weighted by atomic mass is 9.87. The first-order valence-electron chi connectivity index (χ1n) is 10.8. The summed E-state index contributed by atoms with van der Waals surface area (Å²) in [5.41, 5.74) is 6.66. The van der Waals surface area contributed by atoms with Gasteiger partial charge in [0.05, 0.1) is 6.54 Å². The fraction of sp³-hybridized carbons (Fsp3) is 0.259. The van der Waals surface area contributed by atoms with Crippen molar-refractivity contribution in [3.05, 3.63) is 94.4 Å². The number of imide groups is 1. The summed E-state index contributed by atoms with van der Waals surface area (Å²) in [6.07, 6.45) is 1.77. The number of rotatable bonds is 4. The van der Waals surface area contributed by atoms with Crippen LogP contribution in [0.1, 0.15) is 48.8 Å². The van der Waals surface area contributed by atoms with Crippen LogP contribution in [0.3, 0.4) is 0 Å². The van der Waals surface area contributed by atoms with Gasteiger partial charge in [-0.15, -0.1) is 0 Å². The van der Waals surface area contributed by atoms with Gasteiger partial charge in [-0.1, -0.05) is 63.2 Å². The molecule has 0 radical (unpaired) electrons. The standard InChI is InChI=1S/C27H29N3O2/c1-18-15-21(19(2)30(18)23-13-11-22(12-14-23)27(3,4)5)16-24-25(31)29(26(32)28-24)17-20-9-7-6-8-10-20/h6-16H,17H2,1-5H3,(H,28,32)/b24-16-. The molecule has 164 valence electrons. The van der Waals surface area contributed by atoms with E-state index in [9.17, 15) is 9.59 Å². The topological polar surface area (TPSA) is 54.3 Å². The molecule has 1 aliphatic rings. The highest BCUT2D eigenvalue weighted by Crippen LogP contribution is 2.27. The largest absolute Gasteiger partial charge is 0.329 e. The van der Waals surface area contributed by atoms with Gasteiger partial charge in [0.1, 0.15) is 5.70 Å². The quantitative estimate of drug-likeness (QED) is 0.442. The number of carbonyl (C=O) groups excluding carboxylic acids is 2. The molecule has 1 fully saturated rings. The Morgan fingerprint density at radius 1 is 0.938 bits per heavy atom. The van der Waals surface area contributed by atoms with Crippen molar-refractivity contribution in [2.24, 2.45) is 0 Å². The molecular formula is C27H29N3O2. The maximum atomic E-state index is 12.9. The highest BCUT2D eigenvalue weighted by Gasteiger charge is 2.33. The smallest absolute Gasteiger partial charge is 0.318 e. The number of hydrogen-bond acceptors (Lipinski definition) is 2. The highest BCUT2D eigenvalue weighted by atomic mass is 16.2. The van der Waals surface area contributed by atoms with Crippen LogP contribution in [0.25, 0.3) is 11.8 Å². The number of hydrogen-bond donors (Lipinski definition) is 1. The van der Waals surface area contributed by atoms with E-state index < -0.39 is 6.03 Å². The van der Waals surface area contributed by atoms with E-state index in [1.807, 2.05) is 50.2 Å². The van der Waals surface area contributed by atoms with Crippen LogP contribution in [0, 0.1) is 13.8 Å². The van der Waals surface area contributed by atoms with Crippen molar-refractivity contribution >= 4 is 18.0 Å². The third-order valence-corrected chi connectivity index (χ3v) is 5.91. The zero-order chi connectivity index (χ0) is 23.0. The maximum Gasteiger partial charge on any atom is 0.329 e. The Labute approximate surface area is 189 Å². The average molecular weight is 428 g/mol. The summed E-state index contributed by atoms with van der Waals surface area (Å²) in [4.78, 5) is 26.6. The molecule has 0 saturated carbocycles. The molecule has 1 saturated heterocycles. The SMILES string of the molecule is Cc1cc(/C=C2\NC(=O)N(Cc3ccccc3)C2=O)c(C)n1-c1ccc(C(C)(C)C)cc1. The van der Waals surface area contributed by atoms with Crippen LogP contribution in [0.2, 0.25) is 0 Å². The Bertz CT molecular complexity index is 1200. The molecule has 0 aliphatic carbocycles. The minimum Gasteiger partial charge on any atom is -0.318 e. The molecule has 0 bridgehead atoms. The summed E-state index contributed by atoms with van der Waals surface area (Å²) >= 11 is 0. The number of carbonyl (C=O) groups is 2. The van der Waals surface area contributed by atoms with Gasteiger partial charge in [0.15, 0.2) is 0 Å². The summed E-state index contributed by atoms with van der Waals surface area (Å²) in [7, 11) is 0. The second kappa shape index (κ2) is 8.15. The van der Waals surface area contributed by atoms with Crippen molar-refractivity contribution in [1.82, 2.24) is 14.8 Å². The van der Waals surface area contributed by atoms with Crippen LogP contribution in [-0.2, 0) is 16.8 Å². The lowest BCUT2D eigenvalue weighted by Crippen LogP contribution is -2.30. The molecule has 32 heavy (non-hydrogen) atoms. The van der Waals surface area contributed by atoms with E-state index in [4.69, 9.17) is 0 Å². The molecule has 5 nitrogen and oxygen atoms in total. The van der Waals surface area contributed by atoms with E-state index in [0.29, 0.717) is 5.70 Å². The van der Waals surface area contributed by atoms with Crippen molar-refractivity contribution in [2.45, 2.75) is 46.6 Å². The van der Waals surface area contributed by atoms with Gasteiger partial charge in [0.25, 0.3) is 5.91 Å². The Morgan fingerprint density at radius 2 is 1.59 bits per heavy atom. The van der Waals surface area contributed by atoms with Crippen LogP contribution in [0.4, 0.5) is 4.79 Å². The third-order valence-electron chi connectivity index (χ3n) is 5.91. The number of urea groups is 1. The number of nitrogens with zero attached hydrogens (tertiary/aromatic N) is 2. The molecule has 1 aromatic heterocycles. The minimum absolute atomic E-state index is 0.0988. The normalized spacial score (nSPS) is 15.5. The van der Waals surface area contributed by atoms with Crippen LogP contribution in [0.5, 0.6) is 0 Å². The second-order valence-corrected chi connectivity index (χ2v) is 9.32. The maximum absolute atomic E-state index is 12.9. The molecule has 2 heterocycles. The fourth-order valence-corrected chi connectivity index (χ4v) is 4.08. The number of aryl methyl sites for hydroxylation is 1. The first kappa shape index (κ1) is 21.6. The van der Waals surface area contributed by atoms with Crippen LogP contribution < -0.4 is 5.32 Å². The molecule has 3 aromatic rings. The molecule has 1 aliphatic heterocycles. The Morgan fingerprint density at radius 3 is 2.22 bits per heavy atom. The fourth-order valence-electron chi connectivity index (χ4n) is 4.08. The van der Waals surface area contributed by atoms with E-state index in [1.165, 1.54) is 10.5 Å². The molecule has 1 N–H and O–H groups in total. The summed E-state index contributed by atoms with van der Waals surface area (Å²) in [5, 5.41) is 2.73. The monoisotopic (exact) mass is 427 g/mol. The van der Waals surface area contributed by atoms with Gasteiger partial charge in [0.2, 0.25) is 0 Å². The summed E-state index contributed by atoms with van der Waals surface area (Å²) in [6.45, 7) is 10.9. The Balaban J connectivity index is 1.61.